The minimum absolute atomic E-state index is 0.0457. The summed E-state index contributed by atoms with van der Waals surface area (Å²) in [4.78, 5) is 0. The first-order valence-corrected chi connectivity index (χ1v) is 8.38. The van der Waals surface area contributed by atoms with Crippen molar-refractivity contribution in [1.82, 2.24) is 5.32 Å². The molecule has 3 rings (SSSR count). The summed E-state index contributed by atoms with van der Waals surface area (Å²) >= 11 is 3.57. The number of hydrogen-bond acceptors (Lipinski definition) is 2. The van der Waals surface area contributed by atoms with Crippen LogP contribution in [0.3, 0.4) is 0 Å². The molecule has 1 aliphatic heterocycles. The summed E-state index contributed by atoms with van der Waals surface area (Å²) in [6, 6.07) is 6.79. The SMILES string of the molecule is CNC1CC2(CCC(C)(C)CC2)Oc2ccc(Br)cc21. The molecule has 3 heteroatoms. The highest BCUT2D eigenvalue weighted by Crippen LogP contribution is 2.50. The lowest BCUT2D eigenvalue weighted by atomic mass is 9.68. The van der Waals surface area contributed by atoms with E-state index in [1.165, 1.54) is 31.2 Å². The summed E-state index contributed by atoms with van der Waals surface area (Å²) in [5.74, 6) is 1.07. The van der Waals surface area contributed by atoms with E-state index in [-0.39, 0.29) is 5.60 Å². The molecule has 0 amide bonds. The molecule has 1 heterocycles. The normalized spacial score (nSPS) is 26.9. The molecule has 1 saturated carbocycles. The first-order chi connectivity index (χ1) is 9.43. The van der Waals surface area contributed by atoms with Crippen molar-refractivity contribution in [3.05, 3.63) is 28.2 Å². The van der Waals surface area contributed by atoms with Crippen molar-refractivity contribution in [2.75, 3.05) is 7.05 Å². The average Bonchev–Trinajstić information content (AvgIpc) is 2.42. The van der Waals surface area contributed by atoms with Crippen molar-refractivity contribution in [2.45, 2.75) is 57.6 Å². The largest absolute Gasteiger partial charge is 0.487 e. The Labute approximate surface area is 130 Å². The summed E-state index contributed by atoms with van der Waals surface area (Å²) < 4.78 is 7.61. The van der Waals surface area contributed by atoms with Crippen molar-refractivity contribution >= 4 is 15.9 Å². The molecule has 0 bridgehead atoms. The Morgan fingerprint density at radius 2 is 1.90 bits per heavy atom. The van der Waals surface area contributed by atoms with Gasteiger partial charge in [0.25, 0.3) is 0 Å². The van der Waals surface area contributed by atoms with Crippen LogP contribution in [-0.4, -0.2) is 12.6 Å². The van der Waals surface area contributed by atoms with Crippen molar-refractivity contribution in [3.63, 3.8) is 0 Å². The van der Waals surface area contributed by atoms with Gasteiger partial charge in [-0.05, 0) is 56.3 Å². The van der Waals surface area contributed by atoms with Crippen molar-refractivity contribution in [2.24, 2.45) is 5.41 Å². The van der Waals surface area contributed by atoms with Crippen LogP contribution in [-0.2, 0) is 0 Å². The van der Waals surface area contributed by atoms with Crippen LogP contribution in [0, 0.1) is 5.41 Å². The Morgan fingerprint density at radius 3 is 2.55 bits per heavy atom. The van der Waals surface area contributed by atoms with Crippen LogP contribution in [0.5, 0.6) is 5.75 Å². The number of ether oxygens (including phenoxy) is 1. The van der Waals surface area contributed by atoms with E-state index < -0.39 is 0 Å². The summed E-state index contributed by atoms with van der Waals surface area (Å²) in [6.45, 7) is 4.76. The number of benzene rings is 1. The van der Waals surface area contributed by atoms with Gasteiger partial charge in [0, 0.05) is 22.5 Å². The lowest BCUT2D eigenvalue weighted by Gasteiger charge is -2.48. The van der Waals surface area contributed by atoms with Crippen molar-refractivity contribution in [3.8, 4) is 5.75 Å². The van der Waals surface area contributed by atoms with Gasteiger partial charge in [-0.15, -0.1) is 0 Å². The maximum absolute atomic E-state index is 6.48. The molecule has 1 N–H and O–H groups in total. The molecule has 0 saturated heterocycles. The van der Waals surface area contributed by atoms with Crippen LogP contribution >= 0.6 is 15.9 Å². The molecule has 1 aromatic carbocycles. The average molecular weight is 338 g/mol. The third kappa shape index (κ3) is 2.62. The van der Waals surface area contributed by atoms with Gasteiger partial charge >= 0.3 is 0 Å². The van der Waals surface area contributed by atoms with E-state index in [2.05, 4.69) is 60.3 Å². The second-order valence-electron chi connectivity index (χ2n) is 7.18. The Balaban J connectivity index is 1.90. The number of hydrogen-bond donors (Lipinski definition) is 1. The van der Waals surface area contributed by atoms with Gasteiger partial charge in [-0.3, -0.25) is 0 Å². The summed E-state index contributed by atoms with van der Waals surface area (Å²) in [6.07, 6.45) is 5.95. The lowest BCUT2D eigenvalue weighted by Crippen LogP contribution is -2.47. The molecule has 0 aromatic heterocycles. The molecule has 20 heavy (non-hydrogen) atoms. The van der Waals surface area contributed by atoms with E-state index in [0.717, 1.165) is 16.6 Å². The van der Waals surface area contributed by atoms with Gasteiger partial charge in [0.15, 0.2) is 0 Å². The fourth-order valence-corrected chi connectivity index (χ4v) is 3.97. The van der Waals surface area contributed by atoms with Crippen LogP contribution in [0.2, 0.25) is 0 Å². The van der Waals surface area contributed by atoms with E-state index >= 15 is 0 Å². The highest BCUT2D eigenvalue weighted by molar-refractivity contribution is 9.10. The van der Waals surface area contributed by atoms with Crippen LogP contribution in [0.1, 0.15) is 57.6 Å². The zero-order chi connectivity index (χ0) is 14.4. The monoisotopic (exact) mass is 337 g/mol. The predicted octanol–water partition coefficient (Wildman–Crippen LogP) is 4.83. The Bertz CT molecular complexity index is 502. The molecule has 1 atom stereocenters. The lowest BCUT2D eigenvalue weighted by molar-refractivity contribution is -0.0289. The molecule has 2 nitrogen and oxygen atoms in total. The van der Waals surface area contributed by atoms with E-state index in [0.29, 0.717) is 11.5 Å². The number of fused-ring (bicyclic) bond motifs is 1. The third-order valence-electron chi connectivity index (χ3n) is 5.11. The Hall–Kier alpha value is -0.540. The zero-order valence-electron chi connectivity index (χ0n) is 12.6. The quantitative estimate of drug-likeness (QED) is 0.792. The minimum atomic E-state index is 0.0457. The topological polar surface area (TPSA) is 21.3 Å². The molecule has 1 aromatic rings. The van der Waals surface area contributed by atoms with Gasteiger partial charge in [0.05, 0.1) is 0 Å². The van der Waals surface area contributed by atoms with Crippen molar-refractivity contribution in [1.29, 1.82) is 0 Å². The van der Waals surface area contributed by atoms with Gasteiger partial charge in [0.2, 0.25) is 0 Å². The van der Waals surface area contributed by atoms with Crippen molar-refractivity contribution < 1.29 is 4.74 Å². The van der Waals surface area contributed by atoms with Gasteiger partial charge in [0.1, 0.15) is 11.4 Å². The smallest absolute Gasteiger partial charge is 0.125 e. The molecule has 110 valence electrons. The zero-order valence-corrected chi connectivity index (χ0v) is 14.2. The van der Waals surface area contributed by atoms with Gasteiger partial charge in [-0.1, -0.05) is 29.8 Å². The first kappa shape index (κ1) is 14.4. The molecule has 1 spiro atoms. The second kappa shape index (κ2) is 5.03. The standard InChI is InChI=1S/C17H24BrNO/c1-16(2)6-8-17(9-7-16)11-14(19-3)13-10-12(18)4-5-15(13)20-17/h4-5,10,14,19H,6-9,11H2,1-3H3. The van der Waals surface area contributed by atoms with E-state index in [1.807, 2.05) is 0 Å². The van der Waals surface area contributed by atoms with Crippen LogP contribution in [0.4, 0.5) is 0 Å². The molecule has 1 aliphatic carbocycles. The van der Waals surface area contributed by atoms with Gasteiger partial charge in [-0.2, -0.15) is 0 Å². The predicted molar refractivity (Wildman–Crippen MR) is 86.2 cm³/mol. The molecule has 0 radical (unpaired) electrons. The fraction of sp³-hybridized carbons (Fsp3) is 0.647. The highest BCUT2D eigenvalue weighted by Gasteiger charge is 2.44. The van der Waals surface area contributed by atoms with E-state index in [1.54, 1.807) is 0 Å². The Kier molecular flexibility index (Phi) is 3.62. The minimum Gasteiger partial charge on any atom is -0.487 e. The molecular weight excluding hydrogens is 314 g/mol. The van der Waals surface area contributed by atoms with Crippen LogP contribution in [0.15, 0.2) is 22.7 Å². The first-order valence-electron chi connectivity index (χ1n) is 7.59. The summed E-state index contributed by atoms with van der Waals surface area (Å²) in [5, 5.41) is 3.48. The number of halogens is 1. The van der Waals surface area contributed by atoms with Gasteiger partial charge in [-0.25, -0.2) is 0 Å². The fourth-order valence-electron chi connectivity index (χ4n) is 3.59. The Morgan fingerprint density at radius 1 is 1.20 bits per heavy atom. The second-order valence-corrected chi connectivity index (χ2v) is 8.09. The highest BCUT2D eigenvalue weighted by atomic mass is 79.9. The molecular formula is C17H24BrNO. The molecule has 1 unspecified atom stereocenters. The number of nitrogens with one attached hydrogen (secondary N) is 1. The summed E-state index contributed by atoms with van der Waals surface area (Å²) in [7, 11) is 2.06. The van der Waals surface area contributed by atoms with Gasteiger partial charge < -0.3 is 10.1 Å². The van der Waals surface area contributed by atoms with E-state index in [4.69, 9.17) is 4.74 Å². The van der Waals surface area contributed by atoms with E-state index in [9.17, 15) is 0 Å². The molecule has 1 fully saturated rings. The third-order valence-corrected chi connectivity index (χ3v) is 5.61. The maximum Gasteiger partial charge on any atom is 0.125 e. The van der Waals surface area contributed by atoms with Crippen LogP contribution < -0.4 is 10.1 Å². The molecule has 2 aliphatic rings. The summed E-state index contributed by atoms with van der Waals surface area (Å²) in [5.41, 5.74) is 1.81. The number of rotatable bonds is 1. The maximum atomic E-state index is 6.48. The van der Waals surface area contributed by atoms with Crippen LogP contribution in [0.25, 0.3) is 0 Å².